The fraction of sp³-hybridized carbons (Fsp3) is 0.258. The number of hydrogen-bond donors (Lipinski definition) is 5. The van der Waals surface area contributed by atoms with Crippen LogP contribution in [0, 0.1) is 11.7 Å². The maximum absolute atomic E-state index is 14.5. The molecule has 1 aliphatic rings. The van der Waals surface area contributed by atoms with Crippen LogP contribution in [0.25, 0.3) is 16.8 Å². The highest BCUT2D eigenvalue weighted by Gasteiger charge is 2.38. The van der Waals surface area contributed by atoms with Crippen LogP contribution in [0.5, 0.6) is 0 Å². The molecular weight excluding hydrogens is 694 g/mol. The smallest absolute Gasteiger partial charge is 0.475 e. The van der Waals surface area contributed by atoms with E-state index in [0.717, 1.165) is 4.68 Å². The van der Waals surface area contributed by atoms with Crippen LogP contribution in [0.4, 0.5) is 33.7 Å². The summed E-state index contributed by atoms with van der Waals surface area (Å²) in [6.45, 7) is 1.79. The van der Waals surface area contributed by atoms with E-state index in [1.165, 1.54) is 31.5 Å². The molecule has 14 nitrogen and oxygen atoms in total. The van der Waals surface area contributed by atoms with Gasteiger partial charge in [0, 0.05) is 28.9 Å². The Bertz CT molecular complexity index is 1980. The number of aromatic nitrogens is 4. The number of pyridine rings is 1. The van der Waals surface area contributed by atoms with Gasteiger partial charge in [-0.3, -0.25) is 19.7 Å². The number of anilines is 2. The number of halogens is 5. The van der Waals surface area contributed by atoms with Crippen molar-refractivity contribution < 1.29 is 46.6 Å². The number of alkyl halides is 3. The van der Waals surface area contributed by atoms with Gasteiger partial charge in [-0.2, -0.15) is 13.2 Å². The van der Waals surface area contributed by atoms with Gasteiger partial charge in [0.05, 0.1) is 30.1 Å². The summed E-state index contributed by atoms with van der Waals surface area (Å²) in [5.41, 5.74) is 1.74. The van der Waals surface area contributed by atoms with Crippen molar-refractivity contribution in [1.82, 2.24) is 25.3 Å². The first kappa shape index (κ1) is 37.0. The van der Waals surface area contributed by atoms with E-state index in [-0.39, 0.29) is 28.2 Å². The molecular formula is C31H28ClF4N7O7. The van der Waals surface area contributed by atoms with Gasteiger partial charge in [-0.05, 0) is 48.7 Å². The Balaban J connectivity index is 0.000000727. The zero-order valence-corrected chi connectivity index (χ0v) is 26.9. The third kappa shape index (κ3) is 9.22. The summed E-state index contributed by atoms with van der Waals surface area (Å²) in [7, 11) is 1.24. The van der Waals surface area contributed by atoms with Gasteiger partial charge in [0.15, 0.2) is 11.5 Å². The molecule has 2 aromatic heterocycles. The van der Waals surface area contributed by atoms with E-state index in [1.807, 2.05) is 0 Å². The molecule has 5 N–H and O–H groups in total. The Morgan fingerprint density at radius 3 is 2.50 bits per heavy atom. The number of hydrogen-bond acceptors (Lipinski definition) is 8. The predicted molar refractivity (Wildman–Crippen MR) is 170 cm³/mol. The van der Waals surface area contributed by atoms with Crippen LogP contribution in [0.3, 0.4) is 0 Å². The first-order valence-electron chi connectivity index (χ1n) is 14.6. The number of aromatic amines is 1. The van der Waals surface area contributed by atoms with Crippen molar-refractivity contribution in [3.63, 3.8) is 0 Å². The average molecular weight is 722 g/mol. The first-order valence-corrected chi connectivity index (χ1v) is 15.0. The second-order valence-electron chi connectivity index (χ2n) is 10.8. The van der Waals surface area contributed by atoms with Crippen molar-refractivity contribution in [2.75, 3.05) is 17.7 Å². The molecule has 2 bridgehead atoms. The molecule has 1 unspecified atom stereocenters. The molecule has 2 atom stereocenters. The molecule has 0 spiro atoms. The number of amides is 3. The van der Waals surface area contributed by atoms with Crippen molar-refractivity contribution >= 4 is 46.9 Å². The number of benzene rings is 2. The zero-order valence-electron chi connectivity index (χ0n) is 26.1. The molecule has 0 aliphatic carbocycles. The molecule has 0 saturated carbocycles. The van der Waals surface area contributed by atoms with E-state index in [2.05, 4.69) is 36.0 Å². The van der Waals surface area contributed by atoms with E-state index < -0.39 is 41.6 Å². The third-order valence-corrected chi connectivity index (χ3v) is 7.58. The van der Waals surface area contributed by atoms with E-state index in [0.29, 0.717) is 47.5 Å². The van der Waals surface area contributed by atoms with Crippen LogP contribution in [0.15, 0.2) is 59.5 Å². The number of carboxylic acid groups (broad SMARTS) is 1. The number of carbonyl (C=O) groups is 4. The number of nitrogens with zero attached hydrogens (tertiary/aromatic N) is 3. The monoisotopic (exact) mass is 721 g/mol. The van der Waals surface area contributed by atoms with Crippen LogP contribution in [-0.4, -0.2) is 62.2 Å². The molecule has 264 valence electrons. The van der Waals surface area contributed by atoms with Crippen molar-refractivity contribution in [3.8, 4) is 16.8 Å². The fourth-order valence-corrected chi connectivity index (χ4v) is 4.93. The van der Waals surface area contributed by atoms with Crippen LogP contribution in [0.2, 0.25) is 5.02 Å². The van der Waals surface area contributed by atoms with Gasteiger partial charge in [-0.1, -0.05) is 42.3 Å². The summed E-state index contributed by atoms with van der Waals surface area (Å²) >= 11 is 5.88. The summed E-state index contributed by atoms with van der Waals surface area (Å²) in [6, 6.07) is 11.7. The molecule has 0 radical (unpaired) electrons. The Morgan fingerprint density at radius 2 is 1.82 bits per heavy atom. The molecule has 5 rings (SSSR count). The van der Waals surface area contributed by atoms with Gasteiger partial charge in [0.25, 0.3) is 5.91 Å². The van der Waals surface area contributed by atoms with E-state index in [4.69, 9.17) is 21.5 Å². The Kier molecular flexibility index (Phi) is 11.6. The van der Waals surface area contributed by atoms with Gasteiger partial charge in [-0.25, -0.2) is 18.7 Å². The SMILES string of the molecule is COC(=O)Nc1ccc2c(c1)NC(=O)C(C)CCC[C@H](NC(=O)c1cn(-c3cccc(Cl)c3F)nn1)c1cc-2cc(=O)[nH]1.O=C(O)C(F)(F)F. The molecule has 1 aliphatic heterocycles. The Labute approximate surface area is 284 Å². The number of H-pyrrole nitrogens is 1. The zero-order chi connectivity index (χ0) is 36.7. The number of carboxylic acids is 1. The quantitative estimate of drug-likeness (QED) is 0.170. The van der Waals surface area contributed by atoms with Gasteiger partial charge in [0.1, 0.15) is 5.69 Å². The Hall–Kier alpha value is -5.78. The molecule has 4 aromatic rings. The number of carbonyl (C=O) groups excluding carboxylic acids is 3. The molecule has 0 fully saturated rings. The lowest BCUT2D eigenvalue weighted by Crippen LogP contribution is -2.31. The highest BCUT2D eigenvalue weighted by Crippen LogP contribution is 2.33. The number of nitrogens with one attached hydrogen (secondary N) is 4. The fourth-order valence-electron chi connectivity index (χ4n) is 4.76. The second kappa shape index (κ2) is 15.6. The van der Waals surface area contributed by atoms with Gasteiger partial charge < -0.3 is 25.5 Å². The average Bonchev–Trinajstić information content (AvgIpc) is 3.55. The number of ether oxygens (including phenoxy) is 1. The van der Waals surface area contributed by atoms with Crippen LogP contribution in [-0.2, 0) is 14.3 Å². The lowest BCUT2D eigenvalue weighted by molar-refractivity contribution is -0.192. The number of methoxy groups -OCH3 is 1. The Morgan fingerprint density at radius 1 is 1.10 bits per heavy atom. The minimum absolute atomic E-state index is 0.0259. The lowest BCUT2D eigenvalue weighted by atomic mass is 9.95. The van der Waals surface area contributed by atoms with Gasteiger partial charge >= 0.3 is 18.2 Å². The predicted octanol–water partition coefficient (Wildman–Crippen LogP) is 5.46. The van der Waals surface area contributed by atoms with Crippen molar-refractivity contribution in [1.29, 1.82) is 0 Å². The minimum atomic E-state index is -5.08. The standard InChI is InChI=1S/C29H27ClFN7O5.C2HF3O2/c1-15-5-3-7-20(34-28(41)23-14-38(37-36-23)24-8-4-6-19(30)26(24)31)22-11-16(12-25(39)33-22)18-10-9-17(32-29(42)43-2)13-21(18)35-27(15)40;3-2(4,5)1(6)7/h4,6,8-15,20H,3,5,7H2,1-2H3,(H,32,42)(H,33,39)(H,34,41)(H,35,40);(H,6,7)/t15?,20-;/m0./s1. The molecule has 0 saturated heterocycles. The summed E-state index contributed by atoms with van der Waals surface area (Å²) in [6.07, 6.45) is -3.07. The second-order valence-corrected chi connectivity index (χ2v) is 11.2. The lowest BCUT2D eigenvalue weighted by Gasteiger charge is -2.22. The third-order valence-electron chi connectivity index (χ3n) is 7.29. The van der Waals surface area contributed by atoms with Crippen LogP contribution < -0.4 is 21.5 Å². The van der Waals surface area contributed by atoms with Crippen LogP contribution >= 0.6 is 11.6 Å². The largest absolute Gasteiger partial charge is 0.490 e. The minimum Gasteiger partial charge on any atom is -0.475 e. The van der Waals surface area contributed by atoms with E-state index in [9.17, 15) is 36.7 Å². The summed E-state index contributed by atoms with van der Waals surface area (Å²) in [5.74, 6) is -4.69. The number of fused-ring (bicyclic) bond motifs is 4. The summed E-state index contributed by atoms with van der Waals surface area (Å²) < 4.78 is 52.0. The number of aliphatic carboxylic acids is 1. The maximum atomic E-state index is 14.5. The van der Waals surface area contributed by atoms with Crippen molar-refractivity contribution in [3.05, 3.63) is 87.3 Å². The van der Waals surface area contributed by atoms with Crippen molar-refractivity contribution in [2.24, 2.45) is 5.92 Å². The normalized spacial score (nSPS) is 15.9. The topological polar surface area (TPSA) is 197 Å². The van der Waals surface area contributed by atoms with Gasteiger partial charge in [0.2, 0.25) is 11.5 Å². The van der Waals surface area contributed by atoms with Crippen LogP contribution in [0.1, 0.15) is 48.4 Å². The van der Waals surface area contributed by atoms with E-state index >= 15 is 0 Å². The molecule has 3 amide bonds. The first-order chi connectivity index (χ1) is 23.6. The summed E-state index contributed by atoms with van der Waals surface area (Å²) in [4.78, 5) is 62.6. The molecule has 50 heavy (non-hydrogen) atoms. The molecule has 2 aromatic carbocycles. The van der Waals surface area contributed by atoms with Crippen molar-refractivity contribution in [2.45, 2.75) is 38.4 Å². The highest BCUT2D eigenvalue weighted by atomic mass is 35.5. The van der Waals surface area contributed by atoms with Gasteiger partial charge in [-0.15, -0.1) is 5.10 Å². The maximum Gasteiger partial charge on any atom is 0.490 e. The highest BCUT2D eigenvalue weighted by molar-refractivity contribution is 6.30. The summed E-state index contributed by atoms with van der Waals surface area (Å²) in [5, 5.41) is 23.2. The molecule has 19 heteroatoms. The number of rotatable bonds is 4. The molecule has 3 heterocycles. The van der Waals surface area contributed by atoms with E-state index in [1.54, 1.807) is 37.3 Å².